The van der Waals surface area contributed by atoms with Crippen molar-refractivity contribution in [2.45, 2.75) is 12.6 Å². The van der Waals surface area contributed by atoms with Crippen LogP contribution in [0.1, 0.15) is 22.3 Å². The predicted octanol–water partition coefficient (Wildman–Crippen LogP) is 4.03. The molecule has 2 aromatic rings. The van der Waals surface area contributed by atoms with E-state index >= 15 is 0 Å². The standard InChI is InChI=1S/C15H13Cl2F3N4O/c16-11-8-23-14(17)24-12(11)21-6-1-7-22-13(25)9-2-4-10(5-3-9)15(18,19)20/h2-5,8H,1,6-7H2,(H,22,25)(H,21,23,24). The molecule has 0 bridgehead atoms. The molecule has 1 amide bonds. The van der Waals surface area contributed by atoms with Crippen LogP contribution in [0.3, 0.4) is 0 Å². The average molecular weight is 393 g/mol. The maximum Gasteiger partial charge on any atom is 0.416 e. The maximum atomic E-state index is 12.5. The Kier molecular flexibility index (Phi) is 6.44. The number of nitrogens with one attached hydrogen (secondary N) is 2. The maximum absolute atomic E-state index is 12.5. The van der Waals surface area contributed by atoms with Gasteiger partial charge in [0.1, 0.15) is 10.8 Å². The number of hydrogen-bond acceptors (Lipinski definition) is 4. The third-order valence-electron chi connectivity index (χ3n) is 3.12. The normalized spacial score (nSPS) is 11.2. The Morgan fingerprint density at radius 1 is 1.12 bits per heavy atom. The van der Waals surface area contributed by atoms with Gasteiger partial charge in [-0.3, -0.25) is 4.79 Å². The van der Waals surface area contributed by atoms with Crippen LogP contribution in [0.25, 0.3) is 0 Å². The van der Waals surface area contributed by atoms with Crippen molar-refractivity contribution in [1.82, 2.24) is 15.3 Å². The van der Waals surface area contributed by atoms with Crippen LogP contribution in [0.2, 0.25) is 10.3 Å². The molecular formula is C15H13Cl2F3N4O. The summed E-state index contributed by atoms with van der Waals surface area (Å²) in [6, 6.07) is 4.02. The van der Waals surface area contributed by atoms with Crippen LogP contribution >= 0.6 is 23.2 Å². The molecule has 10 heteroatoms. The molecule has 25 heavy (non-hydrogen) atoms. The van der Waals surface area contributed by atoms with Crippen LogP contribution in [0.15, 0.2) is 30.5 Å². The number of carbonyl (C=O) groups excluding carboxylic acids is 1. The minimum Gasteiger partial charge on any atom is -0.369 e. The summed E-state index contributed by atoms with van der Waals surface area (Å²) < 4.78 is 37.4. The highest BCUT2D eigenvalue weighted by atomic mass is 35.5. The van der Waals surface area contributed by atoms with Crippen LogP contribution < -0.4 is 10.6 Å². The smallest absolute Gasteiger partial charge is 0.369 e. The molecule has 0 unspecified atom stereocenters. The van der Waals surface area contributed by atoms with Gasteiger partial charge in [0.15, 0.2) is 0 Å². The van der Waals surface area contributed by atoms with E-state index in [4.69, 9.17) is 23.2 Å². The summed E-state index contributed by atoms with van der Waals surface area (Å²) in [5, 5.41) is 5.94. The van der Waals surface area contributed by atoms with Gasteiger partial charge in [-0.15, -0.1) is 0 Å². The third-order valence-corrected chi connectivity index (χ3v) is 3.58. The molecule has 1 aromatic heterocycles. The molecule has 0 spiro atoms. The summed E-state index contributed by atoms with van der Waals surface area (Å²) in [6.07, 6.45) is -2.51. The minimum atomic E-state index is -4.42. The fourth-order valence-electron chi connectivity index (χ4n) is 1.88. The molecule has 0 saturated heterocycles. The van der Waals surface area contributed by atoms with Gasteiger partial charge in [-0.2, -0.15) is 18.2 Å². The van der Waals surface area contributed by atoms with Gasteiger partial charge in [0, 0.05) is 18.7 Å². The second-order valence-electron chi connectivity index (χ2n) is 4.95. The molecule has 5 nitrogen and oxygen atoms in total. The van der Waals surface area contributed by atoms with Crippen molar-refractivity contribution in [2.75, 3.05) is 18.4 Å². The van der Waals surface area contributed by atoms with Gasteiger partial charge in [0.05, 0.1) is 11.8 Å². The fraction of sp³-hybridized carbons (Fsp3) is 0.267. The Morgan fingerprint density at radius 3 is 2.44 bits per heavy atom. The molecule has 134 valence electrons. The number of alkyl halides is 3. The molecule has 1 aromatic carbocycles. The zero-order valence-electron chi connectivity index (χ0n) is 12.7. The summed E-state index contributed by atoms with van der Waals surface area (Å²) >= 11 is 11.5. The third kappa shape index (κ3) is 5.75. The monoisotopic (exact) mass is 392 g/mol. The van der Waals surface area contributed by atoms with E-state index in [1.54, 1.807) is 0 Å². The Balaban J connectivity index is 1.76. The van der Waals surface area contributed by atoms with Crippen molar-refractivity contribution in [3.8, 4) is 0 Å². The van der Waals surface area contributed by atoms with E-state index in [1.807, 2.05) is 0 Å². The first kappa shape index (κ1) is 19.3. The highest BCUT2D eigenvalue weighted by Crippen LogP contribution is 2.29. The Labute approximate surface area is 151 Å². The van der Waals surface area contributed by atoms with Crippen molar-refractivity contribution in [2.24, 2.45) is 0 Å². The molecule has 0 atom stereocenters. The first-order valence-electron chi connectivity index (χ1n) is 7.15. The zero-order chi connectivity index (χ0) is 18.4. The molecule has 0 aliphatic rings. The first-order chi connectivity index (χ1) is 11.8. The molecule has 1 heterocycles. The van der Waals surface area contributed by atoms with E-state index in [0.717, 1.165) is 24.3 Å². The number of carbonyl (C=O) groups is 1. The quantitative estimate of drug-likeness (QED) is 0.575. The lowest BCUT2D eigenvalue weighted by Gasteiger charge is -2.09. The second kappa shape index (κ2) is 8.35. The molecule has 0 radical (unpaired) electrons. The molecule has 0 aliphatic heterocycles. The molecule has 2 N–H and O–H groups in total. The molecular weight excluding hydrogens is 380 g/mol. The van der Waals surface area contributed by atoms with Gasteiger partial charge >= 0.3 is 6.18 Å². The van der Waals surface area contributed by atoms with Crippen LogP contribution in [0.5, 0.6) is 0 Å². The van der Waals surface area contributed by atoms with Gasteiger partial charge < -0.3 is 10.6 Å². The van der Waals surface area contributed by atoms with Crippen LogP contribution in [0, 0.1) is 0 Å². The number of halogens is 5. The number of hydrogen-bond donors (Lipinski definition) is 2. The summed E-state index contributed by atoms with van der Waals surface area (Å²) in [4.78, 5) is 19.5. The Morgan fingerprint density at radius 2 is 1.80 bits per heavy atom. The van der Waals surface area contributed by atoms with E-state index in [-0.39, 0.29) is 10.8 Å². The SMILES string of the molecule is O=C(NCCCNc1nc(Cl)ncc1Cl)c1ccc(C(F)(F)F)cc1. The predicted molar refractivity (Wildman–Crippen MR) is 88.9 cm³/mol. The van der Waals surface area contributed by atoms with Gasteiger partial charge in [-0.05, 0) is 42.3 Å². The van der Waals surface area contributed by atoms with Crippen molar-refractivity contribution < 1.29 is 18.0 Å². The van der Waals surface area contributed by atoms with E-state index < -0.39 is 17.6 Å². The number of amides is 1. The fourth-order valence-corrected chi connectivity index (χ4v) is 2.17. The summed E-state index contributed by atoms with van der Waals surface area (Å²) in [5.41, 5.74) is -0.639. The topological polar surface area (TPSA) is 66.9 Å². The lowest BCUT2D eigenvalue weighted by atomic mass is 10.1. The molecule has 0 saturated carbocycles. The average Bonchev–Trinajstić information content (AvgIpc) is 2.56. The van der Waals surface area contributed by atoms with E-state index in [9.17, 15) is 18.0 Å². The van der Waals surface area contributed by atoms with E-state index in [2.05, 4.69) is 20.6 Å². The van der Waals surface area contributed by atoms with Gasteiger partial charge in [0.2, 0.25) is 5.28 Å². The Hall–Kier alpha value is -2.06. The van der Waals surface area contributed by atoms with Crippen LogP contribution in [-0.2, 0) is 6.18 Å². The molecule has 0 fully saturated rings. The van der Waals surface area contributed by atoms with Crippen molar-refractivity contribution in [3.05, 3.63) is 51.9 Å². The number of anilines is 1. The Bertz CT molecular complexity index is 739. The van der Waals surface area contributed by atoms with Crippen LogP contribution in [-0.4, -0.2) is 29.0 Å². The number of rotatable bonds is 6. The van der Waals surface area contributed by atoms with Crippen molar-refractivity contribution in [3.63, 3.8) is 0 Å². The summed E-state index contributed by atoms with van der Waals surface area (Å²) in [7, 11) is 0. The van der Waals surface area contributed by atoms with Gasteiger partial charge in [0.25, 0.3) is 5.91 Å². The summed E-state index contributed by atoms with van der Waals surface area (Å²) in [6.45, 7) is 0.781. The zero-order valence-corrected chi connectivity index (χ0v) is 14.2. The summed E-state index contributed by atoms with van der Waals surface area (Å²) in [5.74, 6) is -0.0624. The highest BCUT2D eigenvalue weighted by molar-refractivity contribution is 6.33. The molecule has 2 rings (SSSR count). The highest BCUT2D eigenvalue weighted by Gasteiger charge is 2.30. The second-order valence-corrected chi connectivity index (χ2v) is 5.69. The molecule has 0 aliphatic carbocycles. The van der Waals surface area contributed by atoms with Gasteiger partial charge in [-0.1, -0.05) is 11.6 Å². The largest absolute Gasteiger partial charge is 0.416 e. The number of nitrogens with zero attached hydrogens (tertiary/aromatic N) is 2. The minimum absolute atomic E-state index is 0.0579. The van der Waals surface area contributed by atoms with Crippen LogP contribution in [0.4, 0.5) is 19.0 Å². The number of benzene rings is 1. The van der Waals surface area contributed by atoms with Gasteiger partial charge in [-0.25, -0.2) is 4.98 Å². The van der Waals surface area contributed by atoms with Crippen molar-refractivity contribution in [1.29, 1.82) is 0 Å². The van der Waals surface area contributed by atoms with E-state index in [1.165, 1.54) is 6.20 Å². The first-order valence-corrected chi connectivity index (χ1v) is 7.90. The number of aromatic nitrogens is 2. The van der Waals surface area contributed by atoms with E-state index in [0.29, 0.717) is 30.4 Å². The lowest BCUT2D eigenvalue weighted by molar-refractivity contribution is -0.137. The lowest BCUT2D eigenvalue weighted by Crippen LogP contribution is -2.26. The van der Waals surface area contributed by atoms with Crippen molar-refractivity contribution >= 4 is 34.9 Å².